The number of benzene rings is 2. The van der Waals surface area contributed by atoms with Crippen molar-refractivity contribution >= 4 is 22.9 Å². The van der Waals surface area contributed by atoms with Gasteiger partial charge in [-0.1, -0.05) is 6.42 Å². The standard InChI is InChI=1S/C33H44N4O8/c1-34(2)31-23(38)14-20(15-24(31)39)30(21-16-25(40)32(35(3)4)26(41)17-21)22-18-27(42)33(28(43)19-22)37-12-10-36(11-13-37)9-7-5-6-8-29(44)45/h14-19,31,38-43H,5-13H2,1-4H3,(H,44,45)/p+1. The van der Waals surface area contributed by atoms with Crippen LogP contribution in [0.15, 0.2) is 53.5 Å². The largest absolute Gasteiger partial charge is 0.506 e. The molecule has 12 nitrogen and oxygen atoms in total. The Morgan fingerprint density at radius 2 is 1.31 bits per heavy atom. The number of likely N-dealkylation sites (N-methyl/N-ethyl adjacent to an activating group) is 1. The van der Waals surface area contributed by atoms with Crippen molar-refractivity contribution in [1.29, 1.82) is 0 Å². The molecule has 2 aliphatic rings. The molecule has 1 heterocycles. The van der Waals surface area contributed by atoms with Gasteiger partial charge in [0.05, 0.1) is 14.1 Å². The van der Waals surface area contributed by atoms with Gasteiger partial charge in [-0.3, -0.25) is 9.69 Å². The Labute approximate surface area is 263 Å². The number of phenolic OH excluding ortho intramolecular Hbond substituents is 4. The van der Waals surface area contributed by atoms with E-state index in [1.54, 1.807) is 33.1 Å². The Morgan fingerprint density at radius 1 is 0.800 bits per heavy atom. The number of aromatic hydroxyl groups is 4. The van der Waals surface area contributed by atoms with Crippen LogP contribution in [0.4, 0.5) is 11.4 Å². The van der Waals surface area contributed by atoms with E-state index < -0.39 is 12.0 Å². The first-order valence-electron chi connectivity index (χ1n) is 15.1. The molecule has 0 bridgehead atoms. The van der Waals surface area contributed by atoms with E-state index in [0.717, 1.165) is 37.4 Å². The van der Waals surface area contributed by atoms with Crippen LogP contribution in [0.3, 0.4) is 0 Å². The van der Waals surface area contributed by atoms with Gasteiger partial charge in [0.2, 0.25) is 6.04 Å². The summed E-state index contributed by atoms with van der Waals surface area (Å²) in [5, 5.41) is 74.7. The number of allylic oxidation sites excluding steroid dienone is 3. The summed E-state index contributed by atoms with van der Waals surface area (Å²) in [6.45, 7) is 3.42. The maximum absolute atomic E-state index is 11.3. The number of hydrogen-bond donors (Lipinski definition) is 8. The summed E-state index contributed by atoms with van der Waals surface area (Å²) < 4.78 is 0. The molecule has 1 aliphatic carbocycles. The lowest BCUT2D eigenvalue weighted by Crippen LogP contribution is -3.10. The molecule has 4 rings (SSSR count). The molecule has 1 saturated heterocycles. The summed E-state index contributed by atoms with van der Waals surface area (Å²) in [6.07, 6.45) is 5.56. The molecule has 2 aromatic carbocycles. The molecule has 0 aromatic heterocycles. The van der Waals surface area contributed by atoms with Gasteiger partial charge in [-0.2, -0.15) is 0 Å². The molecule has 8 N–H and O–H groups in total. The van der Waals surface area contributed by atoms with Crippen LogP contribution in [0.1, 0.15) is 36.8 Å². The van der Waals surface area contributed by atoms with Gasteiger partial charge in [-0.05, 0) is 78.1 Å². The summed E-state index contributed by atoms with van der Waals surface area (Å²) in [5.41, 5.74) is 1.86. The van der Waals surface area contributed by atoms with Crippen LogP contribution in [0.5, 0.6) is 23.0 Å². The SMILES string of the molecule is CN(C)c1c(O)cc(C(=C2C=C(O)C([NH+](C)C)C(O)=C2)c2cc(O)c(N3CCN(CCCCCC(=O)O)CC3)c(O)c2)cc1O. The molecule has 244 valence electrons. The number of phenols is 4. The van der Waals surface area contributed by atoms with E-state index in [-0.39, 0.29) is 52.3 Å². The Morgan fingerprint density at radius 3 is 1.78 bits per heavy atom. The van der Waals surface area contributed by atoms with Gasteiger partial charge >= 0.3 is 5.97 Å². The van der Waals surface area contributed by atoms with E-state index in [2.05, 4.69) is 4.90 Å². The van der Waals surface area contributed by atoms with E-state index in [1.165, 1.54) is 36.4 Å². The van der Waals surface area contributed by atoms with Gasteiger partial charge in [0, 0.05) is 46.7 Å². The molecule has 12 heteroatoms. The molecular weight excluding hydrogens is 580 g/mol. The Hall–Kier alpha value is -4.55. The van der Waals surface area contributed by atoms with E-state index in [1.807, 2.05) is 4.90 Å². The van der Waals surface area contributed by atoms with Gasteiger partial charge in [-0.25, -0.2) is 0 Å². The van der Waals surface area contributed by atoms with Crippen molar-refractivity contribution < 1.29 is 45.4 Å². The number of nitrogens with zero attached hydrogens (tertiary/aromatic N) is 3. The molecule has 1 fully saturated rings. The van der Waals surface area contributed by atoms with E-state index >= 15 is 0 Å². The highest BCUT2D eigenvalue weighted by atomic mass is 16.4. The minimum Gasteiger partial charge on any atom is -0.506 e. The van der Waals surface area contributed by atoms with Gasteiger partial charge in [0.15, 0.2) is 11.5 Å². The summed E-state index contributed by atoms with van der Waals surface area (Å²) in [7, 11) is 6.94. The minimum absolute atomic E-state index is 0.0920. The van der Waals surface area contributed by atoms with Crippen LogP contribution in [0, 0.1) is 0 Å². The van der Waals surface area contributed by atoms with E-state index in [4.69, 9.17) is 5.11 Å². The van der Waals surface area contributed by atoms with Crippen LogP contribution >= 0.6 is 0 Å². The lowest BCUT2D eigenvalue weighted by molar-refractivity contribution is -0.877. The smallest absolute Gasteiger partial charge is 0.303 e. The second kappa shape index (κ2) is 14.0. The predicted molar refractivity (Wildman–Crippen MR) is 173 cm³/mol. The second-order valence-corrected chi connectivity index (χ2v) is 12.1. The van der Waals surface area contributed by atoms with Crippen LogP contribution in [0.2, 0.25) is 0 Å². The number of aliphatic hydroxyl groups is 2. The molecule has 0 atom stereocenters. The van der Waals surface area contributed by atoms with Gasteiger partial charge in [0.25, 0.3) is 0 Å². The van der Waals surface area contributed by atoms with Crippen molar-refractivity contribution in [3.05, 3.63) is 64.6 Å². The zero-order chi connectivity index (χ0) is 33.0. The molecule has 0 amide bonds. The normalized spacial score (nSPS) is 17.3. The van der Waals surface area contributed by atoms with E-state index in [9.17, 15) is 35.4 Å². The lowest BCUT2D eigenvalue weighted by atomic mass is 9.88. The predicted octanol–water partition coefficient (Wildman–Crippen LogP) is 2.55. The molecular formula is C33H45N4O8+. The number of carbonyl (C=O) groups is 1. The zero-order valence-electron chi connectivity index (χ0n) is 26.3. The van der Waals surface area contributed by atoms with Crippen LogP contribution in [-0.2, 0) is 4.79 Å². The van der Waals surface area contributed by atoms with Crippen molar-refractivity contribution in [3.63, 3.8) is 0 Å². The third-order valence-electron chi connectivity index (χ3n) is 8.28. The Bertz CT molecular complexity index is 1440. The average molecular weight is 626 g/mol. The fourth-order valence-corrected chi connectivity index (χ4v) is 6.18. The number of aliphatic carboxylic acids is 1. The first kappa shape index (κ1) is 33.3. The van der Waals surface area contributed by atoms with Crippen molar-refractivity contribution in [2.75, 3.05) is 70.7 Å². The average Bonchev–Trinajstić information content (AvgIpc) is 2.92. The minimum atomic E-state index is -0.780. The maximum atomic E-state index is 11.3. The van der Waals surface area contributed by atoms with Crippen molar-refractivity contribution in [3.8, 4) is 23.0 Å². The molecule has 45 heavy (non-hydrogen) atoms. The number of quaternary nitrogens is 1. The van der Waals surface area contributed by atoms with Gasteiger partial charge in [0.1, 0.15) is 34.4 Å². The number of aliphatic hydroxyl groups excluding tert-OH is 2. The fraction of sp³-hybridized carbons (Fsp3) is 0.424. The highest BCUT2D eigenvalue weighted by Crippen LogP contribution is 2.45. The summed E-state index contributed by atoms with van der Waals surface area (Å²) in [6, 6.07) is 5.18. The first-order chi connectivity index (χ1) is 21.3. The summed E-state index contributed by atoms with van der Waals surface area (Å²) in [4.78, 5) is 17.3. The van der Waals surface area contributed by atoms with Gasteiger partial charge < -0.3 is 50.4 Å². The number of carboxylic acid groups (broad SMARTS) is 1. The highest BCUT2D eigenvalue weighted by molar-refractivity contribution is 5.90. The number of anilines is 2. The summed E-state index contributed by atoms with van der Waals surface area (Å²) in [5.74, 6) is -1.71. The summed E-state index contributed by atoms with van der Waals surface area (Å²) >= 11 is 0. The third-order valence-corrected chi connectivity index (χ3v) is 8.28. The monoisotopic (exact) mass is 625 g/mol. The number of nitrogens with one attached hydrogen (secondary N) is 1. The van der Waals surface area contributed by atoms with Gasteiger partial charge in [-0.15, -0.1) is 0 Å². The van der Waals surface area contributed by atoms with Crippen molar-refractivity contribution in [2.45, 2.75) is 31.7 Å². The molecule has 0 saturated carbocycles. The molecule has 0 unspecified atom stereocenters. The fourth-order valence-electron chi connectivity index (χ4n) is 6.18. The Kier molecular flexibility index (Phi) is 10.4. The third kappa shape index (κ3) is 7.58. The maximum Gasteiger partial charge on any atom is 0.303 e. The molecule has 0 radical (unpaired) electrons. The topological polar surface area (TPSA) is 173 Å². The molecule has 1 aliphatic heterocycles. The van der Waals surface area contributed by atoms with Crippen molar-refractivity contribution in [2.24, 2.45) is 0 Å². The lowest BCUT2D eigenvalue weighted by Gasteiger charge is -2.36. The van der Waals surface area contributed by atoms with E-state index in [0.29, 0.717) is 41.8 Å². The zero-order valence-corrected chi connectivity index (χ0v) is 26.3. The highest BCUT2D eigenvalue weighted by Gasteiger charge is 2.31. The number of carboxylic acids is 1. The van der Waals surface area contributed by atoms with Crippen molar-refractivity contribution in [1.82, 2.24) is 4.90 Å². The first-order valence-corrected chi connectivity index (χ1v) is 15.1. The number of unbranched alkanes of at least 4 members (excludes halogenated alkanes) is 2. The van der Waals surface area contributed by atoms with Crippen LogP contribution in [0.25, 0.3) is 5.57 Å². The van der Waals surface area contributed by atoms with Crippen LogP contribution < -0.4 is 14.7 Å². The molecule has 0 spiro atoms. The quantitative estimate of drug-likeness (QED) is 0.173. The van der Waals surface area contributed by atoms with Crippen LogP contribution in [-0.4, -0.2) is 114 Å². The number of rotatable bonds is 11. The second-order valence-electron chi connectivity index (χ2n) is 12.1. The Balaban J connectivity index is 1.68. The number of hydrogen-bond acceptors (Lipinski definition) is 10. The molecule has 2 aromatic rings. The number of piperazine rings is 1.